The first-order valence-corrected chi connectivity index (χ1v) is 28.5. The third-order valence-corrected chi connectivity index (χ3v) is 17.5. The maximum Gasteiger partial charge on any atom is 0.252 e. The van der Waals surface area contributed by atoms with Gasteiger partial charge in [-0.3, -0.25) is 0 Å². The van der Waals surface area contributed by atoms with Gasteiger partial charge in [0.2, 0.25) is 0 Å². The van der Waals surface area contributed by atoms with Gasteiger partial charge < -0.3 is 28.6 Å². The second-order valence-electron chi connectivity index (χ2n) is 24.2. The van der Waals surface area contributed by atoms with Crippen LogP contribution in [0.2, 0.25) is 0 Å². The van der Waals surface area contributed by atoms with E-state index >= 15 is 0 Å². The highest BCUT2D eigenvalue weighted by atomic mass is 16.6. The van der Waals surface area contributed by atoms with Crippen LogP contribution in [-0.4, -0.2) is 19.9 Å². The minimum atomic E-state index is -0.176. The van der Waals surface area contributed by atoms with E-state index < -0.39 is 0 Å². The quantitative estimate of drug-likeness (QED) is 0.148. The van der Waals surface area contributed by atoms with Crippen LogP contribution in [0.15, 0.2) is 211 Å². The van der Waals surface area contributed by atoms with Gasteiger partial charge in [-0.05, 0) is 189 Å². The van der Waals surface area contributed by atoms with Crippen molar-refractivity contribution in [2.75, 3.05) is 27.9 Å². The van der Waals surface area contributed by atoms with Crippen LogP contribution < -0.4 is 40.6 Å². The zero-order valence-corrected chi connectivity index (χ0v) is 47.2. The Morgan fingerprint density at radius 1 is 0.494 bits per heavy atom. The SMILES string of the molecule is Cc1cc2c3c(c1)N(c1c(C)cc(C(C)(C)C)cc1C)c1cc4c(cc1B3c1ccc(N(c3ccccc3)c3ccccc3)cc1N2c1cc(-c2ccc3c(c2)C(C)(C)c2ccccc2-3)cc(-c2cc3ccccc3o2)c1)OCCO4. The fourth-order valence-electron chi connectivity index (χ4n) is 13.7. The number of furan rings is 1. The Kier molecular flexibility index (Phi) is 11.0. The van der Waals surface area contributed by atoms with E-state index in [1.54, 1.807) is 0 Å². The molecule has 10 aromatic carbocycles. The molecule has 0 N–H and O–H groups in total. The lowest BCUT2D eigenvalue weighted by Crippen LogP contribution is -2.61. The molecule has 7 heteroatoms. The molecule has 0 saturated carbocycles. The van der Waals surface area contributed by atoms with Gasteiger partial charge in [0.05, 0.1) is 5.69 Å². The summed E-state index contributed by atoms with van der Waals surface area (Å²) in [4.78, 5) is 7.47. The number of hydrogen-bond acceptors (Lipinski definition) is 6. The molecule has 0 fully saturated rings. The second-order valence-corrected chi connectivity index (χ2v) is 24.2. The van der Waals surface area contributed by atoms with Gasteiger partial charge in [-0.2, -0.15) is 0 Å². The number of benzene rings is 10. The number of aryl methyl sites for hydroxylation is 3. The van der Waals surface area contributed by atoms with Crippen molar-refractivity contribution in [3.63, 3.8) is 0 Å². The Morgan fingerprint density at radius 2 is 1.12 bits per heavy atom. The average molecular weight is 1050 g/mol. The van der Waals surface area contributed by atoms with Crippen molar-refractivity contribution < 1.29 is 13.9 Å². The lowest BCUT2D eigenvalue weighted by atomic mass is 9.33. The van der Waals surface area contributed by atoms with Gasteiger partial charge in [-0.25, -0.2) is 0 Å². The molecule has 3 aliphatic heterocycles. The van der Waals surface area contributed by atoms with Crippen LogP contribution in [0.5, 0.6) is 11.5 Å². The third kappa shape index (κ3) is 7.76. The molecule has 0 unspecified atom stereocenters. The zero-order chi connectivity index (χ0) is 55.1. The Labute approximate surface area is 475 Å². The normalized spacial score (nSPS) is 14.3. The maximum absolute atomic E-state index is 6.85. The standard InChI is InChI=1S/C74H62BN3O3/c1-45-33-65-71-66(34-45)78(72-46(2)35-52(36-47(72)3)73(4,5)6)64-44-70-69(79-31-32-80-70)43-62(64)75(71)61-30-28-55(76(53-20-11-9-12-21-53)54-22-13-10-14-23-54)42-63(61)77(65)56-38-50(37-51(39-56)68-41-49-19-15-18-26-67(49)81-68)48-27-29-58-57-24-16-17-25-59(57)74(7,8)60(58)40-48/h9-30,33-44H,31-32H2,1-8H3. The molecular weight excluding hydrogens is 990 g/mol. The van der Waals surface area contributed by atoms with Crippen LogP contribution in [0.25, 0.3) is 44.5 Å². The summed E-state index contributed by atoms with van der Waals surface area (Å²) in [6, 6.07) is 76.4. The van der Waals surface area contributed by atoms with Crippen LogP contribution >= 0.6 is 0 Å². The Hall–Kier alpha value is -9.20. The summed E-state index contributed by atoms with van der Waals surface area (Å²) >= 11 is 0. The van der Waals surface area contributed by atoms with Crippen LogP contribution in [-0.2, 0) is 10.8 Å². The lowest BCUT2D eigenvalue weighted by Gasteiger charge is -2.45. The predicted octanol–water partition coefficient (Wildman–Crippen LogP) is 17.6. The zero-order valence-electron chi connectivity index (χ0n) is 47.2. The number of para-hydroxylation sites is 3. The smallest absolute Gasteiger partial charge is 0.252 e. The van der Waals surface area contributed by atoms with Crippen molar-refractivity contribution in [2.45, 2.75) is 66.2 Å². The van der Waals surface area contributed by atoms with Crippen molar-refractivity contribution in [1.82, 2.24) is 0 Å². The predicted molar refractivity (Wildman–Crippen MR) is 337 cm³/mol. The molecule has 0 saturated heterocycles. The van der Waals surface area contributed by atoms with Gasteiger partial charge in [-0.15, -0.1) is 0 Å². The van der Waals surface area contributed by atoms with Gasteiger partial charge in [-0.1, -0.05) is 144 Å². The summed E-state index contributed by atoms with van der Waals surface area (Å²) in [6.07, 6.45) is 0. The monoisotopic (exact) mass is 1050 g/mol. The molecule has 4 heterocycles. The van der Waals surface area contributed by atoms with Crippen LogP contribution in [0.1, 0.15) is 68.0 Å². The third-order valence-electron chi connectivity index (χ3n) is 17.5. The molecule has 11 aromatic rings. The molecule has 6 nitrogen and oxygen atoms in total. The molecule has 1 aliphatic carbocycles. The molecule has 81 heavy (non-hydrogen) atoms. The fraction of sp³-hybridized carbons (Fsp3) is 0.162. The summed E-state index contributed by atoms with van der Waals surface area (Å²) in [5.41, 5.74) is 27.6. The number of ether oxygens (including phenoxy) is 2. The molecule has 1 aromatic heterocycles. The second kappa shape index (κ2) is 18.2. The molecule has 0 amide bonds. The van der Waals surface area contributed by atoms with E-state index in [0.29, 0.717) is 13.2 Å². The molecule has 0 spiro atoms. The summed E-state index contributed by atoms with van der Waals surface area (Å²) < 4.78 is 19.9. The molecule has 0 bridgehead atoms. The van der Waals surface area contributed by atoms with E-state index in [0.717, 1.165) is 96.0 Å². The minimum absolute atomic E-state index is 0.0257. The van der Waals surface area contributed by atoms with Crippen molar-refractivity contribution >= 4 is 85.3 Å². The molecule has 394 valence electrons. The van der Waals surface area contributed by atoms with Crippen LogP contribution in [0.4, 0.5) is 51.2 Å². The van der Waals surface area contributed by atoms with Gasteiger partial charge in [0, 0.05) is 67.9 Å². The van der Waals surface area contributed by atoms with Crippen LogP contribution in [0.3, 0.4) is 0 Å². The Bertz CT molecular complexity index is 4290. The van der Waals surface area contributed by atoms with E-state index in [1.807, 2.05) is 6.07 Å². The number of fused-ring (bicyclic) bond motifs is 9. The number of hydrogen-bond donors (Lipinski definition) is 0. The van der Waals surface area contributed by atoms with E-state index in [2.05, 4.69) is 270 Å². The number of rotatable bonds is 7. The summed E-state index contributed by atoms with van der Waals surface area (Å²) in [5, 5.41) is 1.07. The Balaban J connectivity index is 1.03. The number of nitrogens with zero attached hydrogens (tertiary/aromatic N) is 3. The molecule has 4 aliphatic rings. The molecule has 15 rings (SSSR count). The molecule has 0 radical (unpaired) electrons. The van der Waals surface area contributed by atoms with Gasteiger partial charge in [0.15, 0.2) is 11.5 Å². The highest BCUT2D eigenvalue weighted by Crippen LogP contribution is 2.53. The van der Waals surface area contributed by atoms with Gasteiger partial charge in [0.1, 0.15) is 24.6 Å². The van der Waals surface area contributed by atoms with E-state index in [1.165, 1.54) is 61.0 Å². The van der Waals surface area contributed by atoms with E-state index in [9.17, 15) is 0 Å². The topological polar surface area (TPSA) is 41.3 Å². The van der Waals surface area contributed by atoms with Crippen molar-refractivity contribution in [3.05, 3.63) is 240 Å². The summed E-state index contributed by atoms with van der Waals surface area (Å²) in [6.45, 7) is 19.3. The van der Waals surface area contributed by atoms with Gasteiger partial charge in [0.25, 0.3) is 6.71 Å². The van der Waals surface area contributed by atoms with Crippen molar-refractivity contribution in [2.24, 2.45) is 0 Å². The maximum atomic E-state index is 6.85. The first kappa shape index (κ1) is 48.9. The fourth-order valence-corrected chi connectivity index (χ4v) is 13.7. The number of anilines is 9. The first-order valence-electron chi connectivity index (χ1n) is 28.5. The molecular formula is C74H62BN3O3. The summed E-state index contributed by atoms with van der Waals surface area (Å²) in [5.74, 6) is 2.36. The largest absolute Gasteiger partial charge is 0.486 e. The molecule has 0 atom stereocenters. The van der Waals surface area contributed by atoms with Crippen molar-refractivity contribution in [3.8, 4) is 45.1 Å². The van der Waals surface area contributed by atoms with Crippen LogP contribution in [0, 0.1) is 20.8 Å². The summed E-state index contributed by atoms with van der Waals surface area (Å²) in [7, 11) is 0. The van der Waals surface area contributed by atoms with E-state index in [4.69, 9.17) is 13.9 Å². The lowest BCUT2D eigenvalue weighted by molar-refractivity contribution is 0.172. The Morgan fingerprint density at radius 3 is 1.84 bits per heavy atom. The van der Waals surface area contributed by atoms with E-state index in [-0.39, 0.29) is 17.5 Å². The highest BCUT2D eigenvalue weighted by Gasteiger charge is 2.46. The minimum Gasteiger partial charge on any atom is -0.486 e. The highest BCUT2D eigenvalue weighted by molar-refractivity contribution is 7.00. The first-order chi connectivity index (χ1) is 39.3. The van der Waals surface area contributed by atoms with Crippen molar-refractivity contribution in [1.29, 1.82) is 0 Å². The average Bonchev–Trinajstić information content (AvgIpc) is 4.16. The van der Waals surface area contributed by atoms with Gasteiger partial charge >= 0.3 is 0 Å².